The van der Waals surface area contributed by atoms with E-state index in [1.165, 1.54) is 16.5 Å². The Bertz CT molecular complexity index is 1590. The fourth-order valence-corrected chi connectivity index (χ4v) is 5.15. The lowest BCUT2D eigenvalue weighted by Crippen LogP contribution is -2.41. The number of amides is 1. The van der Waals surface area contributed by atoms with Crippen molar-refractivity contribution in [3.8, 4) is 22.3 Å². The molecule has 1 aliphatic carbocycles. The summed E-state index contributed by atoms with van der Waals surface area (Å²) in [5.74, 6) is -0.0219. The molecule has 0 radical (unpaired) electrons. The molecule has 6 rings (SSSR count). The molecule has 8 nitrogen and oxygen atoms in total. The largest absolute Gasteiger partial charge is 0.383 e. The molecule has 8 heteroatoms. The number of benzene rings is 2. The second-order valence-electron chi connectivity index (χ2n) is 9.90. The summed E-state index contributed by atoms with van der Waals surface area (Å²) in [6.07, 6.45) is 9.96. The highest BCUT2D eigenvalue weighted by Gasteiger charge is 2.30. The van der Waals surface area contributed by atoms with E-state index in [0.717, 1.165) is 41.5 Å². The first kappa shape index (κ1) is 23.9. The molecule has 2 aromatic carbocycles. The van der Waals surface area contributed by atoms with Crippen molar-refractivity contribution in [1.29, 1.82) is 0 Å². The summed E-state index contributed by atoms with van der Waals surface area (Å²) in [5, 5.41) is 8.54. The summed E-state index contributed by atoms with van der Waals surface area (Å²) in [6, 6.07) is 18.7. The molecule has 2 atom stereocenters. The number of nitrogens with zero attached hydrogens (tertiary/aromatic N) is 3. The van der Waals surface area contributed by atoms with Gasteiger partial charge in [0.05, 0.1) is 30.5 Å². The molecule has 1 aliphatic rings. The van der Waals surface area contributed by atoms with Crippen LogP contribution in [0.15, 0.2) is 79.4 Å². The molecule has 5 aromatic rings. The van der Waals surface area contributed by atoms with Gasteiger partial charge in [-0.25, -0.2) is 4.98 Å². The molecular weight excluding hydrogens is 476 g/mol. The fraction of sp³-hybridized carbons (Fsp3) is 0.233. The van der Waals surface area contributed by atoms with Crippen molar-refractivity contribution in [2.45, 2.75) is 38.0 Å². The SMILES string of the molecule is Cn1cc(-c2cnc(N)c(C(=O)N[C@H]3CCC[C@@H]3OCc3ccc(-c4ccc5[nH]ccc5c4)cc3)c2)cn1. The average Bonchev–Trinajstić information content (AvgIpc) is 3.69. The molecular formula is C30H30N6O2. The maximum atomic E-state index is 13.2. The number of carbonyl (C=O) groups is 1. The second kappa shape index (κ2) is 10.1. The van der Waals surface area contributed by atoms with Gasteiger partial charge in [0.2, 0.25) is 0 Å². The van der Waals surface area contributed by atoms with Gasteiger partial charge in [-0.1, -0.05) is 30.3 Å². The monoisotopic (exact) mass is 506 g/mol. The number of ether oxygens (including phenoxy) is 1. The van der Waals surface area contributed by atoms with Crippen LogP contribution in [-0.2, 0) is 18.4 Å². The maximum absolute atomic E-state index is 13.2. The highest BCUT2D eigenvalue weighted by Crippen LogP contribution is 2.27. The number of pyridine rings is 1. The summed E-state index contributed by atoms with van der Waals surface area (Å²) in [5.41, 5.74) is 12.7. The third-order valence-electron chi connectivity index (χ3n) is 7.28. The lowest BCUT2D eigenvalue weighted by Gasteiger charge is -2.22. The topological polar surface area (TPSA) is 111 Å². The van der Waals surface area contributed by atoms with Crippen molar-refractivity contribution < 1.29 is 9.53 Å². The van der Waals surface area contributed by atoms with Crippen molar-refractivity contribution >= 4 is 22.6 Å². The van der Waals surface area contributed by atoms with Gasteiger partial charge in [0.15, 0.2) is 0 Å². The molecule has 4 N–H and O–H groups in total. The number of aromatic amines is 1. The lowest BCUT2D eigenvalue weighted by atomic mass is 10.0. The van der Waals surface area contributed by atoms with Crippen molar-refractivity contribution in [2.24, 2.45) is 7.05 Å². The molecule has 38 heavy (non-hydrogen) atoms. The Morgan fingerprint density at radius 2 is 1.89 bits per heavy atom. The van der Waals surface area contributed by atoms with Crippen molar-refractivity contribution in [3.63, 3.8) is 0 Å². The number of aromatic nitrogens is 4. The number of nitrogens with one attached hydrogen (secondary N) is 2. The number of hydrogen-bond acceptors (Lipinski definition) is 5. The smallest absolute Gasteiger partial charge is 0.255 e. The van der Waals surface area contributed by atoms with Gasteiger partial charge in [-0.05, 0) is 65.6 Å². The van der Waals surface area contributed by atoms with Crippen molar-refractivity contribution in [3.05, 3.63) is 90.5 Å². The van der Waals surface area contributed by atoms with E-state index in [2.05, 4.69) is 68.9 Å². The highest BCUT2D eigenvalue weighted by atomic mass is 16.5. The average molecular weight is 507 g/mol. The van der Waals surface area contributed by atoms with E-state index in [9.17, 15) is 4.79 Å². The molecule has 0 saturated heterocycles. The van der Waals surface area contributed by atoms with E-state index in [0.29, 0.717) is 12.2 Å². The predicted octanol–water partition coefficient (Wildman–Crippen LogP) is 5.08. The first-order valence-corrected chi connectivity index (χ1v) is 12.9. The molecule has 0 unspecified atom stereocenters. The van der Waals surface area contributed by atoms with Gasteiger partial charge in [-0.15, -0.1) is 0 Å². The van der Waals surface area contributed by atoms with Gasteiger partial charge in [-0.2, -0.15) is 5.10 Å². The number of hydrogen-bond donors (Lipinski definition) is 3. The highest BCUT2D eigenvalue weighted by molar-refractivity contribution is 5.99. The second-order valence-corrected chi connectivity index (χ2v) is 9.90. The molecule has 1 amide bonds. The Hall–Kier alpha value is -4.43. The Morgan fingerprint density at radius 3 is 2.71 bits per heavy atom. The zero-order chi connectivity index (χ0) is 26.1. The number of H-pyrrole nitrogens is 1. The van der Waals surface area contributed by atoms with Crippen LogP contribution >= 0.6 is 0 Å². The number of fused-ring (bicyclic) bond motifs is 1. The summed E-state index contributed by atoms with van der Waals surface area (Å²) < 4.78 is 7.99. The van der Waals surface area contributed by atoms with Gasteiger partial charge in [0.1, 0.15) is 5.82 Å². The van der Waals surface area contributed by atoms with Crippen LogP contribution in [-0.4, -0.2) is 37.8 Å². The molecule has 192 valence electrons. The summed E-state index contributed by atoms with van der Waals surface area (Å²) in [4.78, 5) is 20.6. The van der Waals surface area contributed by atoms with Gasteiger partial charge >= 0.3 is 0 Å². The van der Waals surface area contributed by atoms with Gasteiger partial charge in [-0.3, -0.25) is 9.48 Å². The number of nitrogen functional groups attached to an aromatic ring is 1. The summed E-state index contributed by atoms with van der Waals surface area (Å²) >= 11 is 0. The van der Waals surface area contributed by atoms with Crippen LogP contribution in [0.1, 0.15) is 35.2 Å². The summed E-state index contributed by atoms with van der Waals surface area (Å²) in [6.45, 7) is 0.494. The Labute approximate surface area is 220 Å². The molecule has 3 aromatic heterocycles. The third-order valence-corrected chi connectivity index (χ3v) is 7.28. The van der Waals surface area contributed by atoms with Crippen LogP contribution in [0.3, 0.4) is 0 Å². The van der Waals surface area contributed by atoms with Crippen LogP contribution in [0.4, 0.5) is 5.82 Å². The molecule has 3 heterocycles. The predicted molar refractivity (Wildman–Crippen MR) is 148 cm³/mol. The molecule has 0 bridgehead atoms. The van der Waals surface area contributed by atoms with Gasteiger partial charge < -0.3 is 20.8 Å². The van der Waals surface area contributed by atoms with Crippen molar-refractivity contribution in [2.75, 3.05) is 5.73 Å². The fourth-order valence-electron chi connectivity index (χ4n) is 5.15. The van der Waals surface area contributed by atoms with Crippen LogP contribution in [0.2, 0.25) is 0 Å². The van der Waals surface area contributed by atoms with Crippen LogP contribution in [0.5, 0.6) is 0 Å². The zero-order valence-electron chi connectivity index (χ0n) is 21.2. The Kier molecular flexibility index (Phi) is 6.39. The number of nitrogens with two attached hydrogens (primary N) is 1. The third kappa shape index (κ3) is 4.90. The van der Waals surface area contributed by atoms with Crippen LogP contribution < -0.4 is 11.1 Å². The minimum atomic E-state index is -0.231. The molecule has 0 aliphatic heterocycles. The standard InChI is InChI=1S/C30H30N6O2/c1-36-17-24(16-34-36)23-14-25(29(31)33-15-23)30(37)35-27-3-2-4-28(27)38-18-19-5-7-20(8-6-19)21-9-10-26-22(13-21)11-12-32-26/h5-17,27-28,32H,2-4,18H2,1H3,(H2,31,33)(H,35,37)/t27-,28-/m0/s1. The van der Waals surface area contributed by atoms with E-state index < -0.39 is 0 Å². The van der Waals surface area contributed by atoms with E-state index in [1.54, 1.807) is 23.1 Å². The van der Waals surface area contributed by atoms with E-state index in [-0.39, 0.29) is 23.9 Å². The maximum Gasteiger partial charge on any atom is 0.255 e. The molecule has 1 saturated carbocycles. The first-order valence-electron chi connectivity index (χ1n) is 12.9. The summed E-state index contributed by atoms with van der Waals surface area (Å²) in [7, 11) is 1.85. The van der Waals surface area contributed by atoms with Crippen LogP contribution in [0.25, 0.3) is 33.2 Å². The van der Waals surface area contributed by atoms with E-state index in [4.69, 9.17) is 10.5 Å². The molecule has 0 spiro atoms. The van der Waals surface area contributed by atoms with E-state index >= 15 is 0 Å². The zero-order valence-corrected chi connectivity index (χ0v) is 21.2. The minimum Gasteiger partial charge on any atom is -0.383 e. The lowest BCUT2D eigenvalue weighted by molar-refractivity contribution is 0.0272. The van der Waals surface area contributed by atoms with Crippen LogP contribution in [0, 0.1) is 0 Å². The van der Waals surface area contributed by atoms with Gasteiger partial charge in [0.25, 0.3) is 5.91 Å². The number of anilines is 1. The van der Waals surface area contributed by atoms with Gasteiger partial charge in [0, 0.05) is 42.3 Å². The quantitative estimate of drug-likeness (QED) is 0.285. The minimum absolute atomic E-state index is 0.0506. The normalized spacial score (nSPS) is 17.2. The Morgan fingerprint density at radius 1 is 1.05 bits per heavy atom. The number of aryl methyl sites for hydroxylation is 1. The number of carbonyl (C=O) groups excluding carboxylic acids is 1. The Balaban J connectivity index is 1.09. The van der Waals surface area contributed by atoms with E-state index in [1.807, 2.05) is 19.4 Å². The number of rotatable bonds is 7. The van der Waals surface area contributed by atoms with Crippen molar-refractivity contribution in [1.82, 2.24) is 25.1 Å². The molecule has 1 fully saturated rings. The first-order chi connectivity index (χ1) is 18.5.